The van der Waals surface area contributed by atoms with Gasteiger partial charge in [0.15, 0.2) is 0 Å². The minimum absolute atomic E-state index is 0.562. The van der Waals surface area contributed by atoms with Crippen molar-refractivity contribution in [2.75, 3.05) is 5.73 Å². The van der Waals surface area contributed by atoms with Crippen LogP contribution in [-0.2, 0) is 6.42 Å². The molecule has 0 aliphatic carbocycles. The molecule has 0 fully saturated rings. The zero-order valence-corrected chi connectivity index (χ0v) is 8.91. The summed E-state index contributed by atoms with van der Waals surface area (Å²) in [5.74, 6) is 1.34. The van der Waals surface area contributed by atoms with Crippen molar-refractivity contribution < 1.29 is 0 Å². The average molecular weight is 202 g/mol. The third-order valence-corrected chi connectivity index (χ3v) is 2.40. The minimum atomic E-state index is 0.562. The van der Waals surface area contributed by atoms with E-state index in [-0.39, 0.29) is 0 Å². The van der Waals surface area contributed by atoms with Crippen molar-refractivity contribution in [1.29, 1.82) is 0 Å². The Hall–Kier alpha value is -1.84. The second-order valence-electron chi connectivity index (χ2n) is 3.44. The molecule has 15 heavy (non-hydrogen) atoms. The van der Waals surface area contributed by atoms with Crippen LogP contribution < -0.4 is 5.73 Å². The number of aromatic amines is 1. The number of rotatable bonds is 2. The average Bonchev–Trinajstić information content (AvgIpc) is 2.75. The minimum Gasteiger partial charge on any atom is -0.383 e. The highest BCUT2D eigenvalue weighted by Crippen LogP contribution is 2.22. The van der Waals surface area contributed by atoms with Gasteiger partial charge in [-0.15, -0.1) is 0 Å². The largest absolute Gasteiger partial charge is 0.383 e. The van der Waals surface area contributed by atoms with E-state index in [9.17, 15) is 0 Å². The van der Waals surface area contributed by atoms with Crippen LogP contribution in [-0.4, -0.2) is 15.0 Å². The molecule has 0 saturated heterocycles. The first-order valence-corrected chi connectivity index (χ1v) is 4.99. The lowest BCUT2D eigenvalue weighted by Crippen LogP contribution is -2.04. The van der Waals surface area contributed by atoms with Crippen molar-refractivity contribution in [2.45, 2.75) is 20.3 Å². The van der Waals surface area contributed by atoms with Gasteiger partial charge in [0.1, 0.15) is 11.6 Å². The second kappa shape index (κ2) is 3.73. The summed E-state index contributed by atoms with van der Waals surface area (Å²) in [6.45, 7) is 3.95. The molecule has 4 nitrogen and oxygen atoms in total. The number of nitrogens with two attached hydrogens (primary N) is 1. The molecule has 0 unspecified atom stereocenters. The molecule has 4 heteroatoms. The first-order chi connectivity index (χ1) is 7.22. The van der Waals surface area contributed by atoms with Gasteiger partial charge in [0, 0.05) is 18.2 Å². The summed E-state index contributed by atoms with van der Waals surface area (Å²) in [5, 5.41) is 0. The van der Waals surface area contributed by atoms with E-state index in [2.05, 4.69) is 15.0 Å². The molecule has 0 saturated carbocycles. The van der Waals surface area contributed by atoms with Gasteiger partial charge in [-0.05, 0) is 19.1 Å². The van der Waals surface area contributed by atoms with E-state index in [1.807, 2.05) is 32.2 Å². The van der Waals surface area contributed by atoms with Crippen molar-refractivity contribution >= 4 is 5.82 Å². The van der Waals surface area contributed by atoms with Crippen molar-refractivity contribution in [1.82, 2.24) is 15.0 Å². The van der Waals surface area contributed by atoms with Gasteiger partial charge in [-0.2, -0.15) is 0 Å². The van der Waals surface area contributed by atoms with Crippen LogP contribution in [0, 0.1) is 6.92 Å². The second-order valence-corrected chi connectivity index (χ2v) is 3.44. The van der Waals surface area contributed by atoms with E-state index in [4.69, 9.17) is 5.73 Å². The molecular weight excluding hydrogens is 188 g/mol. The van der Waals surface area contributed by atoms with Crippen LogP contribution in [0.2, 0.25) is 0 Å². The van der Waals surface area contributed by atoms with Gasteiger partial charge in [0.05, 0.1) is 11.4 Å². The lowest BCUT2D eigenvalue weighted by atomic mass is 10.2. The van der Waals surface area contributed by atoms with Crippen molar-refractivity contribution in [3.8, 4) is 11.4 Å². The van der Waals surface area contributed by atoms with Crippen molar-refractivity contribution in [2.24, 2.45) is 0 Å². The molecule has 0 radical (unpaired) electrons. The van der Waals surface area contributed by atoms with Gasteiger partial charge < -0.3 is 10.7 Å². The fraction of sp³-hybridized carbons (Fsp3) is 0.273. The zero-order valence-electron chi connectivity index (χ0n) is 8.91. The maximum Gasteiger partial charge on any atom is 0.131 e. The number of nitrogens with zero attached hydrogens (tertiary/aromatic N) is 2. The van der Waals surface area contributed by atoms with E-state index < -0.39 is 0 Å². The first kappa shape index (κ1) is 9.71. The quantitative estimate of drug-likeness (QED) is 0.781. The Labute approximate surface area is 88.6 Å². The topological polar surface area (TPSA) is 67.6 Å². The Bertz CT molecular complexity index is 460. The van der Waals surface area contributed by atoms with E-state index in [0.717, 1.165) is 29.2 Å². The molecule has 2 rings (SSSR count). The van der Waals surface area contributed by atoms with Gasteiger partial charge in [0.25, 0.3) is 0 Å². The summed E-state index contributed by atoms with van der Waals surface area (Å²) in [7, 11) is 0. The van der Waals surface area contributed by atoms with Gasteiger partial charge in [-0.3, -0.25) is 0 Å². The molecule has 0 aliphatic heterocycles. The zero-order chi connectivity index (χ0) is 10.8. The number of hydrogen-bond acceptors (Lipinski definition) is 3. The SMILES string of the molecule is CCc1nc(N)c(C)c(-c2ccc[nH]2)n1. The molecule has 0 aliphatic rings. The number of H-pyrrole nitrogens is 1. The lowest BCUT2D eigenvalue weighted by molar-refractivity contribution is 0.938. The Morgan fingerprint density at radius 2 is 2.20 bits per heavy atom. The van der Waals surface area contributed by atoms with Gasteiger partial charge in [0.2, 0.25) is 0 Å². The third-order valence-electron chi connectivity index (χ3n) is 2.40. The lowest BCUT2D eigenvalue weighted by Gasteiger charge is -2.07. The van der Waals surface area contributed by atoms with Crippen LogP contribution in [0.4, 0.5) is 5.82 Å². The van der Waals surface area contributed by atoms with Gasteiger partial charge in [-0.1, -0.05) is 6.92 Å². The first-order valence-electron chi connectivity index (χ1n) is 4.99. The molecular formula is C11H14N4. The summed E-state index contributed by atoms with van der Waals surface area (Å²) in [6, 6.07) is 3.92. The summed E-state index contributed by atoms with van der Waals surface area (Å²) in [4.78, 5) is 11.8. The van der Waals surface area contributed by atoms with Crippen LogP contribution in [0.25, 0.3) is 11.4 Å². The third kappa shape index (κ3) is 1.70. The standard InChI is InChI=1S/C11H14N4/c1-3-9-14-10(7(2)11(12)15-9)8-5-4-6-13-8/h4-6,13H,3H2,1-2H3,(H2,12,14,15). The van der Waals surface area contributed by atoms with E-state index in [1.54, 1.807) is 0 Å². The molecule has 2 aromatic heterocycles. The predicted molar refractivity (Wildman–Crippen MR) is 60.3 cm³/mol. The maximum absolute atomic E-state index is 5.84. The number of hydrogen-bond donors (Lipinski definition) is 2. The molecule has 2 aromatic rings. The molecule has 0 atom stereocenters. The normalized spacial score (nSPS) is 10.5. The monoisotopic (exact) mass is 202 g/mol. The summed E-state index contributed by atoms with van der Waals surface area (Å²) < 4.78 is 0. The fourth-order valence-electron chi connectivity index (χ4n) is 1.48. The highest BCUT2D eigenvalue weighted by Gasteiger charge is 2.09. The summed E-state index contributed by atoms with van der Waals surface area (Å²) in [6.07, 6.45) is 2.66. The number of nitrogens with one attached hydrogen (secondary N) is 1. The van der Waals surface area contributed by atoms with Crippen LogP contribution in [0.3, 0.4) is 0 Å². The molecule has 0 spiro atoms. The van der Waals surface area contributed by atoms with Crippen molar-refractivity contribution in [3.05, 3.63) is 29.7 Å². The van der Waals surface area contributed by atoms with Gasteiger partial charge in [-0.25, -0.2) is 9.97 Å². The number of nitrogen functional groups attached to an aromatic ring is 1. The Morgan fingerprint density at radius 1 is 1.40 bits per heavy atom. The van der Waals surface area contributed by atoms with E-state index >= 15 is 0 Å². The predicted octanol–water partition coefficient (Wildman–Crippen LogP) is 1.92. The van der Waals surface area contributed by atoms with Crippen LogP contribution in [0.1, 0.15) is 18.3 Å². The highest BCUT2D eigenvalue weighted by molar-refractivity contribution is 5.64. The van der Waals surface area contributed by atoms with Gasteiger partial charge >= 0.3 is 0 Å². The van der Waals surface area contributed by atoms with Crippen LogP contribution in [0.15, 0.2) is 18.3 Å². The van der Waals surface area contributed by atoms with Crippen LogP contribution >= 0.6 is 0 Å². The Kier molecular flexibility index (Phi) is 2.41. The Balaban J connectivity index is 2.60. The number of aryl methyl sites for hydroxylation is 1. The van der Waals surface area contributed by atoms with Crippen LogP contribution in [0.5, 0.6) is 0 Å². The number of aromatic nitrogens is 3. The smallest absolute Gasteiger partial charge is 0.131 e. The van der Waals surface area contributed by atoms with Crippen molar-refractivity contribution in [3.63, 3.8) is 0 Å². The highest BCUT2D eigenvalue weighted by atomic mass is 15.0. The Morgan fingerprint density at radius 3 is 2.80 bits per heavy atom. The molecule has 78 valence electrons. The van der Waals surface area contributed by atoms with E-state index in [1.165, 1.54) is 0 Å². The molecule has 0 amide bonds. The van der Waals surface area contributed by atoms with E-state index in [0.29, 0.717) is 5.82 Å². The summed E-state index contributed by atoms with van der Waals surface area (Å²) >= 11 is 0. The molecule has 3 N–H and O–H groups in total. The summed E-state index contributed by atoms with van der Waals surface area (Å²) in [5.41, 5.74) is 8.64. The fourth-order valence-corrected chi connectivity index (χ4v) is 1.48. The molecule has 0 bridgehead atoms. The maximum atomic E-state index is 5.84. The molecule has 2 heterocycles. The number of anilines is 1. The molecule has 0 aromatic carbocycles.